The van der Waals surface area contributed by atoms with Gasteiger partial charge in [0.25, 0.3) is 0 Å². The molecular weight excluding hydrogens is 307 g/mol. The molecule has 2 atom stereocenters. The molecule has 22 heavy (non-hydrogen) atoms. The highest BCUT2D eigenvalue weighted by atomic mass is 32.2. The van der Waals surface area contributed by atoms with Gasteiger partial charge in [-0.3, -0.25) is 4.84 Å². The fourth-order valence-corrected chi connectivity index (χ4v) is 5.29. The van der Waals surface area contributed by atoms with Gasteiger partial charge in [-0.2, -0.15) is 5.06 Å². The van der Waals surface area contributed by atoms with Crippen molar-refractivity contribution in [2.45, 2.75) is 30.6 Å². The van der Waals surface area contributed by atoms with Gasteiger partial charge in [-0.05, 0) is 18.9 Å². The van der Waals surface area contributed by atoms with Crippen LogP contribution in [0.2, 0.25) is 0 Å². The fraction of sp³-hybridized carbons (Fsp3) is 0.600. The van der Waals surface area contributed by atoms with Crippen LogP contribution >= 0.6 is 0 Å². The third kappa shape index (κ3) is 2.78. The SMILES string of the molecule is CN1OCC(S(=O)(=O)N2CCCCC2)C1c1ccccc1F. The summed E-state index contributed by atoms with van der Waals surface area (Å²) in [6, 6.07) is 5.68. The molecule has 0 aliphatic carbocycles. The van der Waals surface area contributed by atoms with Crippen molar-refractivity contribution in [1.82, 2.24) is 9.37 Å². The maximum atomic E-state index is 14.1. The first-order chi connectivity index (χ1) is 10.5. The molecule has 0 N–H and O–H groups in total. The molecule has 3 rings (SSSR count). The molecule has 0 amide bonds. The third-order valence-corrected chi connectivity index (χ3v) is 6.71. The summed E-state index contributed by atoms with van der Waals surface area (Å²) in [6.45, 7) is 1.16. The highest BCUT2D eigenvalue weighted by molar-refractivity contribution is 7.89. The molecule has 0 radical (unpaired) electrons. The van der Waals surface area contributed by atoms with Crippen molar-refractivity contribution in [3.63, 3.8) is 0 Å². The summed E-state index contributed by atoms with van der Waals surface area (Å²) in [5.74, 6) is -0.399. The van der Waals surface area contributed by atoms with Crippen molar-refractivity contribution in [3.8, 4) is 0 Å². The maximum absolute atomic E-state index is 14.1. The summed E-state index contributed by atoms with van der Waals surface area (Å²) in [7, 11) is -1.85. The second kappa shape index (κ2) is 6.23. The predicted octanol–water partition coefficient (Wildman–Crippen LogP) is 1.93. The summed E-state index contributed by atoms with van der Waals surface area (Å²) in [6.07, 6.45) is 2.82. The smallest absolute Gasteiger partial charge is 0.221 e. The van der Waals surface area contributed by atoms with Crippen molar-refractivity contribution >= 4 is 10.0 Å². The highest BCUT2D eigenvalue weighted by Gasteiger charge is 2.46. The molecule has 0 spiro atoms. The average Bonchev–Trinajstić information content (AvgIpc) is 2.91. The average molecular weight is 328 g/mol. The monoisotopic (exact) mass is 328 g/mol. The van der Waals surface area contributed by atoms with Crippen molar-refractivity contribution in [3.05, 3.63) is 35.6 Å². The van der Waals surface area contributed by atoms with Gasteiger partial charge in [0.2, 0.25) is 10.0 Å². The normalized spacial score (nSPS) is 28.1. The van der Waals surface area contributed by atoms with Gasteiger partial charge < -0.3 is 0 Å². The first-order valence-electron chi connectivity index (χ1n) is 7.61. The molecule has 7 heteroatoms. The van der Waals surface area contributed by atoms with Crippen molar-refractivity contribution in [1.29, 1.82) is 0 Å². The Morgan fingerprint density at radius 2 is 1.86 bits per heavy atom. The Hall–Kier alpha value is -1.02. The van der Waals surface area contributed by atoms with Crippen molar-refractivity contribution in [2.24, 2.45) is 0 Å². The van der Waals surface area contributed by atoms with E-state index in [2.05, 4.69) is 0 Å². The number of halogens is 1. The Bertz CT molecular complexity index is 631. The number of benzene rings is 1. The van der Waals surface area contributed by atoms with Crippen molar-refractivity contribution < 1.29 is 17.6 Å². The lowest BCUT2D eigenvalue weighted by Gasteiger charge is -2.31. The highest BCUT2D eigenvalue weighted by Crippen LogP contribution is 2.36. The van der Waals surface area contributed by atoms with Gasteiger partial charge in [-0.25, -0.2) is 17.1 Å². The molecule has 2 aliphatic rings. The van der Waals surface area contributed by atoms with E-state index in [0.29, 0.717) is 18.7 Å². The van der Waals surface area contributed by atoms with Crippen LogP contribution in [-0.2, 0) is 14.9 Å². The van der Waals surface area contributed by atoms with Gasteiger partial charge in [0.05, 0.1) is 12.6 Å². The van der Waals surface area contributed by atoms with Gasteiger partial charge in [0, 0.05) is 25.7 Å². The molecule has 2 heterocycles. The molecule has 0 saturated carbocycles. The van der Waals surface area contributed by atoms with Gasteiger partial charge in [-0.15, -0.1) is 0 Å². The van der Waals surface area contributed by atoms with Gasteiger partial charge in [0.1, 0.15) is 11.1 Å². The molecule has 2 fully saturated rings. The molecule has 122 valence electrons. The van der Waals surface area contributed by atoms with Gasteiger partial charge in [0.15, 0.2) is 0 Å². The van der Waals surface area contributed by atoms with E-state index in [0.717, 1.165) is 19.3 Å². The van der Waals surface area contributed by atoms with Gasteiger partial charge in [-0.1, -0.05) is 24.6 Å². The van der Waals surface area contributed by atoms with Crippen LogP contribution < -0.4 is 0 Å². The quantitative estimate of drug-likeness (QED) is 0.851. The van der Waals surface area contributed by atoms with Crippen LogP contribution in [0.4, 0.5) is 4.39 Å². The van der Waals surface area contributed by atoms with E-state index in [9.17, 15) is 12.8 Å². The Balaban J connectivity index is 1.93. The van der Waals surface area contributed by atoms with E-state index in [4.69, 9.17) is 4.84 Å². The van der Waals surface area contributed by atoms with Crippen LogP contribution in [0.25, 0.3) is 0 Å². The number of sulfonamides is 1. The first-order valence-corrected chi connectivity index (χ1v) is 9.11. The molecule has 0 bridgehead atoms. The summed E-state index contributed by atoms with van der Waals surface area (Å²) in [4.78, 5) is 5.43. The minimum absolute atomic E-state index is 0.0638. The zero-order valence-electron chi connectivity index (χ0n) is 12.6. The third-order valence-electron chi connectivity index (χ3n) is 4.47. The number of nitrogens with zero attached hydrogens (tertiary/aromatic N) is 2. The lowest BCUT2D eigenvalue weighted by atomic mass is 10.0. The largest absolute Gasteiger partial charge is 0.297 e. The van der Waals surface area contributed by atoms with Crippen LogP contribution in [0.3, 0.4) is 0 Å². The summed E-state index contributed by atoms with van der Waals surface area (Å²) in [5, 5.41) is 0.692. The molecule has 1 aromatic rings. The van der Waals surface area contributed by atoms with Crippen LogP contribution in [0.15, 0.2) is 24.3 Å². The summed E-state index contributed by atoms with van der Waals surface area (Å²) in [5.41, 5.74) is 0.369. The number of rotatable bonds is 3. The fourth-order valence-electron chi connectivity index (χ4n) is 3.27. The van der Waals surface area contributed by atoms with Crippen LogP contribution in [0, 0.1) is 5.82 Å². The minimum atomic E-state index is -3.51. The molecule has 2 unspecified atom stereocenters. The molecule has 2 saturated heterocycles. The van der Waals surface area contributed by atoms with E-state index >= 15 is 0 Å². The Morgan fingerprint density at radius 1 is 1.18 bits per heavy atom. The van der Waals surface area contributed by atoms with E-state index < -0.39 is 27.1 Å². The molecule has 5 nitrogen and oxygen atoms in total. The van der Waals surface area contributed by atoms with E-state index in [1.807, 2.05) is 0 Å². The van der Waals surface area contributed by atoms with Crippen LogP contribution in [0.5, 0.6) is 0 Å². The zero-order valence-corrected chi connectivity index (χ0v) is 13.4. The molecular formula is C15H21FN2O3S. The van der Waals surface area contributed by atoms with Crippen LogP contribution in [0.1, 0.15) is 30.9 Å². The summed E-state index contributed by atoms with van der Waals surface area (Å²) < 4.78 is 41.5. The zero-order chi connectivity index (χ0) is 15.7. The lowest BCUT2D eigenvalue weighted by Crippen LogP contribution is -2.44. The Labute approximate surface area is 130 Å². The van der Waals surface area contributed by atoms with E-state index in [1.54, 1.807) is 25.2 Å². The standard InChI is InChI=1S/C15H21FN2O3S/c1-17-15(12-7-3-4-8-13(12)16)14(11-21-17)22(19,20)18-9-5-2-6-10-18/h3-4,7-8,14-15H,2,5-6,9-11H2,1H3. The van der Waals surface area contributed by atoms with E-state index in [-0.39, 0.29) is 6.61 Å². The molecule has 1 aromatic carbocycles. The minimum Gasteiger partial charge on any atom is -0.297 e. The van der Waals surface area contributed by atoms with Crippen LogP contribution in [-0.4, -0.2) is 49.8 Å². The van der Waals surface area contributed by atoms with Crippen molar-refractivity contribution in [2.75, 3.05) is 26.7 Å². The first kappa shape index (κ1) is 15.9. The molecule has 0 aromatic heterocycles. The molecule has 2 aliphatic heterocycles. The Morgan fingerprint density at radius 3 is 2.55 bits per heavy atom. The number of hydrogen-bond acceptors (Lipinski definition) is 4. The maximum Gasteiger partial charge on any atom is 0.221 e. The second-order valence-corrected chi connectivity index (χ2v) is 8.00. The van der Waals surface area contributed by atoms with E-state index in [1.165, 1.54) is 15.4 Å². The number of hydrogen-bond donors (Lipinski definition) is 0. The topological polar surface area (TPSA) is 49.9 Å². The number of piperidine rings is 1. The lowest BCUT2D eigenvalue weighted by molar-refractivity contribution is -0.111. The Kier molecular flexibility index (Phi) is 4.49. The predicted molar refractivity (Wildman–Crippen MR) is 81.0 cm³/mol. The van der Waals surface area contributed by atoms with Gasteiger partial charge >= 0.3 is 0 Å². The summed E-state index contributed by atoms with van der Waals surface area (Å²) >= 11 is 0. The second-order valence-electron chi connectivity index (χ2n) is 5.85. The number of hydroxylamine groups is 2.